The van der Waals surface area contributed by atoms with E-state index in [4.69, 9.17) is 4.74 Å². The van der Waals surface area contributed by atoms with Crippen molar-refractivity contribution in [1.82, 2.24) is 20.2 Å². The SMILES string of the molecule is CCOC(=O)c1c(NC(=O)CSc2nnc3c(n2)[nH]c2ccc(C)cc23)sc(C)c1C. The molecule has 0 unspecified atom stereocenters. The van der Waals surface area contributed by atoms with Gasteiger partial charge in [-0.3, -0.25) is 4.79 Å². The summed E-state index contributed by atoms with van der Waals surface area (Å²) < 4.78 is 5.13. The van der Waals surface area contributed by atoms with Crippen LogP contribution in [0.1, 0.15) is 33.3 Å². The molecule has 0 aliphatic heterocycles. The van der Waals surface area contributed by atoms with E-state index in [9.17, 15) is 9.59 Å². The molecular formula is C21H21N5O3S2. The standard InChI is InChI=1S/C21H21N5O3S2/c1-5-29-20(28)16-11(3)12(4)31-19(16)23-15(27)9-30-21-24-18-17(25-26-21)13-8-10(2)6-7-14(13)22-18/h6-8H,5,9H2,1-4H3,(H,23,27)(H,22,24,26). The van der Waals surface area contributed by atoms with Gasteiger partial charge in [-0.25, -0.2) is 9.78 Å². The van der Waals surface area contributed by atoms with Crippen molar-refractivity contribution in [3.05, 3.63) is 39.8 Å². The quantitative estimate of drug-likeness (QED) is 0.327. The third-order valence-electron chi connectivity index (χ3n) is 4.80. The third kappa shape index (κ3) is 4.26. The minimum atomic E-state index is -0.431. The number of carbonyl (C=O) groups excluding carboxylic acids is 2. The molecule has 0 bridgehead atoms. The van der Waals surface area contributed by atoms with Crippen LogP contribution in [-0.4, -0.2) is 44.4 Å². The van der Waals surface area contributed by atoms with Gasteiger partial charge in [-0.1, -0.05) is 23.4 Å². The van der Waals surface area contributed by atoms with Crippen molar-refractivity contribution in [1.29, 1.82) is 0 Å². The van der Waals surface area contributed by atoms with Crippen molar-refractivity contribution in [2.24, 2.45) is 0 Å². The van der Waals surface area contributed by atoms with E-state index >= 15 is 0 Å². The van der Waals surface area contributed by atoms with Gasteiger partial charge in [0.15, 0.2) is 5.65 Å². The number of rotatable bonds is 6. The van der Waals surface area contributed by atoms with Gasteiger partial charge in [0, 0.05) is 15.8 Å². The molecule has 1 aromatic carbocycles. The van der Waals surface area contributed by atoms with Crippen molar-refractivity contribution in [3.8, 4) is 0 Å². The molecule has 0 aliphatic carbocycles. The van der Waals surface area contributed by atoms with Gasteiger partial charge in [-0.05, 0) is 45.4 Å². The largest absolute Gasteiger partial charge is 0.462 e. The van der Waals surface area contributed by atoms with Crippen LogP contribution < -0.4 is 5.32 Å². The van der Waals surface area contributed by atoms with Gasteiger partial charge in [0.2, 0.25) is 11.1 Å². The molecule has 0 saturated carbocycles. The lowest BCUT2D eigenvalue weighted by Gasteiger charge is -2.06. The van der Waals surface area contributed by atoms with Gasteiger partial charge < -0.3 is 15.0 Å². The Labute approximate surface area is 186 Å². The fraction of sp³-hybridized carbons (Fsp3) is 0.286. The van der Waals surface area contributed by atoms with Crippen molar-refractivity contribution in [2.75, 3.05) is 17.7 Å². The molecule has 1 amide bonds. The number of hydrogen-bond donors (Lipinski definition) is 2. The number of aromatic nitrogens is 4. The molecule has 160 valence electrons. The first-order valence-corrected chi connectivity index (χ1v) is 11.5. The Kier molecular flexibility index (Phi) is 5.92. The highest BCUT2D eigenvalue weighted by molar-refractivity contribution is 7.99. The van der Waals surface area contributed by atoms with Crippen LogP contribution in [0.2, 0.25) is 0 Å². The average Bonchev–Trinajstić information content (AvgIpc) is 3.22. The van der Waals surface area contributed by atoms with Crippen molar-refractivity contribution >= 4 is 62.0 Å². The summed E-state index contributed by atoms with van der Waals surface area (Å²) >= 11 is 2.54. The number of ether oxygens (including phenoxy) is 1. The Balaban J connectivity index is 1.48. The summed E-state index contributed by atoms with van der Waals surface area (Å²) in [5.74, 6) is -0.600. The zero-order valence-electron chi connectivity index (χ0n) is 17.5. The summed E-state index contributed by atoms with van der Waals surface area (Å²) in [6, 6.07) is 6.04. The monoisotopic (exact) mass is 455 g/mol. The summed E-state index contributed by atoms with van der Waals surface area (Å²) in [4.78, 5) is 33.5. The molecule has 10 heteroatoms. The van der Waals surface area contributed by atoms with E-state index in [0.717, 1.165) is 26.9 Å². The van der Waals surface area contributed by atoms with Crippen LogP contribution in [0.3, 0.4) is 0 Å². The first kappa shape index (κ1) is 21.3. The first-order valence-electron chi connectivity index (χ1n) is 9.70. The second-order valence-electron chi connectivity index (χ2n) is 7.01. The summed E-state index contributed by atoms with van der Waals surface area (Å²) in [5, 5.41) is 13.1. The molecule has 0 radical (unpaired) electrons. The number of thiophene rings is 1. The van der Waals surface area contributed by atoms with Crippen molar-refractivity contribution < 1.29 is 14.3 Å². The van der Waals surface area contributed by atoms with E-state index in [2.05, 4.69) is 25.5 Å². The number of anilines is 1. The van der Waals surface area contributed by atoms with Gasteiger partial charge in [0.25, 0.3) is 0 Å². The molecule has 31 heavy (non-hydrogen) atoms. The van der Waals surface area contributed by atoms with E-state index in [1.54, 1.807) is 6.92 Å². The lowest BCUT2D eigenvalue weighted by Crippen LogP contribution is -2.16. The van der Waals surface area contributed by atoms with E-state index in [1.165, 1.54) is 23.1 Å². The van der Waals surface area contributed by atoms with Crippen LogP contribution in [0.4, 0.5) is 5.00 Å². The number of carbonyl (C=O) groups is 2. The number of esters is 1. The van der Waals surface area contributed by atoms with Gasteiger partial charge in [0.1, 0.15) is 10.5 Å². The Morgan fingerprint density at radius 3 is 2.81 bits per heavy atom. The predicted octanol–water partition coefficient (Wildman–Crippen LogP) is 4.40. The summed E-state index contributed by atoms with van der Waals surface area (Å²) in [6.07, 6.45) is 0. The Morgan fingerprint density at radius 1 is 1.23 bits per heavy atom. The number of nitrogens with zero attached hydrogens (tertiary/aromatic N) is 3. The van der Waals surface area contributed by atoms with Gasteiger partial charge >= 0.3 is 5.97 Å². The number of nitrogens with one attached hydrogen (secondary N) is 2. The summed E-state index contributed by atoms with van der Waals surface area (Å²) in [7, 11) is 0. The smallest absolute Gasteiger partial charge is 0.341 e. The summed E-state index contributed by atoms with van der Waals surface area (Å²) in [5.41, 5.74) is 4.64. The van der Waals surface area contributed by atoms with E-state index in [0.29, 0.717) is 26.9 Å². The highest BCUT2D eigenvalue weighted by Gasteiger charge is 2.22. The molecule has 4 rings (SSSR count). The van der Waals surface area contributed by atoms with Gasteiger partial charge in [-0.15, -0.1) is 21.5 Å². The van der Waals surface area contributed by atoms with E-state index in [-0.39, 0.29) is 18.3 Å². The Morgan fingerprint density at radius 2 is 2.03 bits per heavy atom. The molecular weight excluding hydrogens is 434 g/mol. The molecule has 3 aromatic heterocycles. The molecule has 8 nitrogen and oxygen atoms in total. The van der Waals surface area contributed by atoms with Crippen LogP contribution in [0.15, 0.2) is 23.4 Å². The second-order valence-corrected chi connectivity index (χ2v) is 9.18. The fourth-order valence-electron chi connectivity index (χ4n) is 3.19. The highest BCUT2D eigenvalue weighted by Crippen LogP contribution is 2.33. The van der Waals surface area contributed by atoms with Gasteiger partial charge in [-0.2, -0.15) is 0 Å². The number of aromatic amines is 1. The number of amides is 1. The zero-order chi connectivity index (χ0) is 22.1. The number of thioether (sulfide) groups is 1. The average molecular weight is 456 g/mol. The molecule has 0 atom stereocenters. The Hall–Kier alpha value is -2.98. The number of aryl methyl sites for hydroxylation is 2. The molecule has 2 N–H and O–H groups in total. The molecule has 4 aromatic rings. The molecule has 0 spiro atoms. The lowest BCUT2D eigenvalue weighted by molar-refractivity contribution is -0.113. The fourth-order valence-corrected chi connectivity index (χ4v) is 4.84. The topological polar surface area (TPSA) is 110 Å². The summed E-state index contributed by atoms with van der Waals surface area (Å²) in [6.45, 7) is 7.80. The van der Waals surface area contributed by atoms with Crippen LogP contribution >= 0.6 is 23.1 Å². The molecule has 0 fully saturated rings. The van der Waals surface area contributed by atoms with E-state index in [1.807, 2.05) is 39.0 Å². The van der Waals surface area contributed by atoms with Crippen molar-refractivity contribution in [3.63, 3.8) is 0 Å². The van der Waals surface area contributed by atoms with Crippen LogP contribution in [0.25, 0.3) is 22.1 Å². The number of fused-ring (bicyclic) bond motifs is 3. The Bertz CT molecular complexity index is 1310. The maximum atomic E-state index is 12.5. The zero-order valence-corrected chi connectivity index (χ0v) is 19.2. The first-order chi connectivity index (χ1) is 14.9. The second kappa shape index (κ2) is 8.64. The van der Waals surface area contributed by atoms with Crippen LogP contribution in [0, 0.1) is 20.8 Å². The van der Waals surface area contributed by atoms with Crippen LogP contribution in [0.5, 0.6) is 0 Å². The number of benzene rings is 1. The lowest BCUT2D eigenvalue weighted by atomic mass is 10.1. The molecule has 0 saturated heterocycles. The predicted molar refractivity (Wildman–Crippen MR) is 123 cm³/mol. The minimum absolute atomic E-state index is 0.0881. The van der Waals surface area contributed by atoms with Gasteiger partial charge in [0.05, 0.1) is 17.9 Å². The van der Waals surface area contributed by atoms with Crippen molar-refractivity contribution in [2.45, 2.75) is 32.9 Å². The maximum absolute atomic E-state index is 12.5. The maximum Gasteiger partial charge on any atom is 0.341 e. The third-order valence-corrected chi connectivity index (χ3v) is 6.76. The van der Waals surface area contributed by atoms with Crippen LogP contribution in [-0.2, 0) is 9.53 Å². The molecule has 0 aliphatic rings. The highest BCUT2D eigenvalue weighted by atomic mass is 32.2. The number of H-pyrrole nitrogens is 1. The normalized spacial score (nSPS) is 11.2. The molecule has 3 heterocycles. The van der Waals surface area contributed by atoms with E-state index < -0.39 is 5.97 Å². The number of hydrogen-bond acceptors (Lipinski definition) is 8. The minimum Gasteiger partial charge on any atom is -0.462 e.